The van der Waals surface area contributed by atoms with E-state index in [2.05, 4.69) is 21.9 Å². The molecule has 2 N–H and O–H groups in total. The lowest BCUT2D eigenvalue weighted by Gasteiger charge is -2.10. The predicted octanol–water partition coefficient (Wildman–Crippen LogP) is 8.85. The molecule has 2 rings (SSSR count). The third-order valence-electron chi connectivity index (χ3n) is 6.69. The monoisotopic (exact) mass is 584 g/mol. The molecule has 2 aromatic rings. The van der Waals surface area contributed by atoms with Gasteiger partial charge in [0, 0.05) is 17.9 Å². The second kappa shape index (κ2) is 21.9. The van der Waals surface area contributed by atoms with Crippen molar-refractivity contribution < 1.29 is 9.30 Å². The van der Waals surface area contributed by atoms with Gasteiger partial charge in [-0.2, -0.15) is 0 Å². The van der Waals surface area contributed by atoms with E-state index in [4.69, 9.17) is 10.5 Å². The molecule has 0 fully saturated rings. The molecule has 1 unspecified atom stereocenters. The first-order valence-corrected chi connectivity index (χ1v) is 18.9. The highest BCUT2D eigenvalue weighted by molar-refractivity contribution is 8.76. The van der Waals surface area contributed by atoms with E-state index in [1.54, 1.807) is 6.33 Å². The zero-order valence-electron chi connectivity index (χ0n) is 23.8. The molecule has 0 saturated carbocycles. The van der Waals surface area contributed by atoms with E-state index in [0.29, 0.717) is 29.9 Å². The first-order valence-electron chi connectivity index (χ1n) is 14.8. The molecular weight excluding hydrogens is 533 g/mol. The number of imidazole rings is 1. The summed E-state index contributed by atoms with van der Waals surface area (Å²) in [5, 5.41) is 0. The lowest BCUT2D eigenvalue weighted by atomic mass is 10.0. The third-order valence-corrected chi connectivity index (χ3v) is 10.5. The molecule has 10 heteroatoms. The number of rotatable bonds is 25. The van der Waals surface area contributed by atoms with Crippen LogP contribution in [0.5, 0.6) is 0 Å². The van der Waals surface area contributed by atoms with Crippen molar-refractivity contribution in [2.24, 2.45) is 0 Å². The van der Waals surface area contributed by atoms with Gasteiger partial charge in [0.25, 0.3) is 0 Å². The van der Waals surface area contributed by atoms with Crippen molar-refractivity contribution in [1.82, 2.24) is 19.5 Å². The normalized spacial score (nSPS) is 12.8. The van der Waals surface area contributed by atoms with Crippen LogP contribution in [0.3, 0.4) is 0 Å². The quantitative estimate of drug-likeness (QED) is 0.0702. The van der Waals surface area contributed by atoms with Crippen LogP contribution in [0.2, 0.25) is 0 Å². The van der Waals surface area contributed by atoms with Gasteiger partial charge in [0.15, 0.2) is 11.5 Å². The van der Waals surface area contributed by atoms with Crippen molar-refractivity contribution in [3.8, 4) is 0 Å². The Morgan fingerprint density at radius 2 is 1.45 bits per heavy atom. The van der Waals surface area contributed by atoms with E-state index in [0.717, 1.165) is 18.3 Å². The molecule has 216 valence electrons. The van der Waals surface area contributed by atoms with E-state index in [9.17, 15) is 4.57 Å². The van der Waals surface area contributed by atoms with Crippen LogP contribution in [-0.2, 0) is 15.8 Å². The standard InChI is InChI=1S/C28H51N5O2PS2/c1-3-4-5-6-7-8-9-10-11-12-13-14-15-16-19-37-38-20-17-18-36(34)24-35-25(2)21-33-23-32-26-27(29)30-22-31-28(26)33/h22-23,25H,3-21,24H2,1-2H3,(H2,29,30,31)/q+1/t25-/m1/s1. The number of hydrogen-bond donors (Lipinski definition) is 1. The summed E-state index contributed by atoms with van der Waals surface area (Å²) in [6, 6.07) is 0. The predicted molar refractivity (Wildman–Crippen MR) is 167 cm³/mol. The van der Waals surface area contributed by atoms with Crippen LogP contribution in [-0.4, -0.2) is 49.6 Å². The number of fused-ring (bicyclic) bond motifs is 1. The fourth-order valence-electron chi connectivity index (χ4n) is 4.41. The molecule has 0 aromatic carbocycles. The van der Waals surface area contributed by atoms with Gasteiger partial charge in [0.05, 0.1) is 19.0 Å². The minimum Gasteiger partial charge on any atom is -0.382 e. The molecule has 0 saturated heterocycles. The second-order valence-electron chi connectivity index (χ2n) is 10.2. The minimum atomic E-state index is -1.33. The van der Waals surface area contributed by atoms with Gasteiger partial charge < -0.3 is 15.0 Å². The second-order valence-corrected chi connectivity index (χ2v) is 14.6. The fraction of sp³-hybridized carbons (Fsp3) is 0.821. The molecule has 0 aliphatic carbocycles. The van der Waals surface area contributed by atoms with Crippen LogP contribution in [0.1, 0.15) is 110 Å². The third kappa shape index (κ3) is 15.0. The molecule has 0 aliphatic rings. The summed E-state index contributed by atoms with van der Waals surface area (Å²) in [6.07, 6.45) is 24.8. The highest BCUT2D eigenvalue weighted by Crippen LogP contribution is 2.28. The van der Waals surface area contributed by atoms with Crippen molar-refractivity contribution in [1.29, 1.82) is 0 Å². The van der Waals surface area contributed by atoms with Crippen molar-refractivity contribution in [3.05, 3.63) is 12.7 Å². The zero-order chi connectivity index (χ0) is 27.3. The van der Waals surface area contributed by atoms with Crippen LogP contribution < -0.4 is 5.73 Å². The molecule has 2 heterocycles. The van der Waals surface area contributed by atoms with Crippen LogP contribution >= 0.6 is 29.4 Å². The van der Waals surface area contributed by atoms with Crippen molar-refractivity contribution >= 4 is 46.4 Å². The maximum atomic E-state index is 12.3. The number of nitrogens with zero attached hydrogens (tertiary/aromatic N) is 4. The number of ether oxygens (including phenoxy) is 1. The summed E-state index contributed by atoms with van der Waals surface area (Å²) in [6.45, 7) is 4.85. The maximum absolute atomic E-state index is 12.3. The average Bonchev–Trinajstić information content (AvgIpc) is 3.32. The Hall–Kier alpha value is -0.890. The number of nitrogens with two attached hydrogens (primary N) is 1. The summed E-state index contributed by atoms with van der Waals surface area (Å²) in [5.74, 6) is 2.66. The highest BCUT2D eigenvalue weighted by Gasteiger charge is 2.18. The van der Waals surface area contributed by atoms with Gasteiger partial charge in [-0.25, -0.2) is 15.0 Å². The van der Waals surface area contributed by atoms with Gasteiger partial charge in [-0.1, -0.05) is 117 Å². The number of aromatic nitrogens is 4. The van der Waals surface area contributed by atoms with E-state index in [1.165, 1.54) is 102 Å². The summed E-state index contributed by atoms with van der Waals surface area (Å²) in [5.41, 5.74) is 7.14. The summed E-state index contributed by atoms with van der Waals surface area (Å²) < 4.78 is 20.1. The molecular formula is C28H51N5O2PS2+. The van der Waals surface area contributed by atoms with Crippen molar-refractivity contribution in [3.63, 3.8) is 0 Å². The maximum Gasteiger partial charge on any atom is 0.366 e. The molecule has 0 amide bonds. The van der Waals surface area contributed by atoms with E-state index in [-0.39, 0.29) is 6.10 Å². The van der Waals surface area contributed by atoms with Crippen LogP contribution in [0.4, 0.5) is 5.82 Å². The van der Waals surface area contributed by atoms with E-state index in [1.807, 2.05) is 33.1 Å². The van der Waals surface area contributed by atoms with Gasteiger partial charge >= 0.3 is 7.80 Å². The topological polar surface area (TPSA) is 95.9 Å². The Morgan fingerprint density at radius 3 is 2.08 bits per heavy atom. The Labute approximate surface area is 239 Å². The summed E-state index contributed by atoms with van der Waals surface area (Å²) in [7, 11) is 2.57. The van der Waals surface area contributed by atoms with Crippen LogP contribution in [0.25, 0.3) is 11.2 Å². The molecule has 38 heavy (non-hydrogen) atoms. The van der Waals surface area contributed by atoms with Crippen molar-refractivity contribution in [2.45, 2.75) is 123 Å². The minimum absolute atomic E-state index is 0.0856. The SMILES string of the molecule is CCCCCCCCCCCCCCCCSSCCC[P+](=O)CO[C@H](C)Cn1cnc2c(N)ncnc21. The molecule has 2 aromatic heterocycles. The Kier molecular flexibility index (Phi) is 19.2. The molecule has 0 spiro atoms. The first-order chi connectivity index (χ1) is 18.6. The van der Waals surface area contributed by atoms with Gasteiger partial charge in [0.1, 0.15) is 18.0 Å². The van der Waals surface area contributed by atoms with Gasteiger partial charge in [-0.3, -0.25) is 0 Å². The molecule has 0 aliphatic heterocycles. The largest absolute Gasteiger partial charge is 0.382 e. The highest BCUT2D eigenvalue weighted by atomic mass is 33.1. The molecule has 0 radical (unpaired) electrons. The molecule has 2 atom stereocenters. The average molecular weight is 585 g/mol. The lowest BCUT2D eigenvalue weighted by Crippen LogP contribution is -2.16. The Morgan fingerprint density at radius 1 is 0.868 bits per heavy atom. The Balaban J connectivity index is 1.33. The zero-order valence-corrected chi connectivity index (χ0v) is 26.3. The lowest BCUT2D eigenvalue weighted by molar-refractivity contribution is 0.0880. The summed E-state index contributed by atoms with van der Waals surface area (Å²) >= 11 is 0. The summed E-state index contributed by atoms with van der Waals surface area (Å²) in [4.78, 5) is 12.5. The van der Waals surface area contributed by atoms with Gasteiger partial charge in [-0.05, 0) is 13.3 Å². The van der Waals surface area contributed by atoms with Gasteiger partial charge in [0.2, 0.25) is 6.35 Å². The smallest absolute Gasteiger partial charge is 0.366 e. The Bertz CT molecular complexity index is 886. The molecule has 0 bridgehead atoms. The number of unbranched alkanes of at least 4 members (excludes halogenated alkanes) is 13. The number of nitrogen functional groups attached to an aromatic ring is 1. The fourth-order valence-corrected chi connectivity index (χ4v) is 7.92. The van der Waals surface area contributed by atoms with E-state index >= 15 is 0 Å². The first kappa shape index (κ1) is 33.3. The van der Waals surface area contributed by atoms with Crippen LogP contribution in [0.15, 0.2) is 12.7 Å². The number of hydrogen-bond acceptors (Lipinski definition) is 8. The van der Waals surface area contributed by atoms with E-state index < -0.39 is 7.80 Å². The van der Waals surface area contributed by atoms with Crippen LogP contribution in [0, 0.1) is 0 Å². The van der Waals surface area contributed by atoms with Crippen molar-refractivity contribution in [2.75, 3.05) is 29.7 Å². The molecule has 7 nitrogen and oxygen atoms in total. The van der Waals surface area contributed by atoms with Gasteiger partial charge in [-0.15, -0.1) is 0 Å². The number of anilines is 1.